The summed E-state index contributed by atoms with van der Waals surface area (Å²) in [5.74, 6) is -2.33. The lowest BCUT2D eigenvalue weighted by molar-refractivity contribution is -0.288. The van der Waals surface area contributed by atoms with E-state index in [1.165, 1.54) is 13.8 Å². The molecule has 1 saturated heterocycles. The SMILES string of the molecule is CC(=O)OC[C@H]1O[C@H](Oc2ccccc2-c2ccccc2)[C@@H](OC(C)=O)[C@@H](OC(C)=O)[C@@H]1OC(C)=O. The van der Waals surface area contributed by atoms with Crippen LogP contribution in [0.25, 0.3) is 11.1 Å². The summed E-state index contributed by atoms with van der Waals surface area (Å²) in [5, 5.41) is 0. The van der Waals surface area contributed by atoms with Gasteiger partial charge in [0.25, 0.3) is 0 Å². The first-order valence-electron chi connectivity index (χ1n) is 11.3. The van der Waals surface area contributed by atoms with E-state index in [-0.39, 0.29) is 6.61 Å². The first kappa shape index (κ1) is 26.7. The van der Waals surface area contributed by atoms with Gasteiger partial charge in [-0.2, -0.15) is 0 Å². The van der Waals surface area contributed by atoms with Gasteiger partial charge in [0.15, 0.2) is 12.2 Å². The fourth-order valence-electron chi connectivity index (χ4n) is 3.83. The van der Waals surface area contributed by atoms with Crippen molar-refractivity contribution in [3.63, 3.8) is 0 Å². The molecule has 0 aliphatic carbocycles. The Balaban J connectivity index is 2.03. The zero-order valence-corrected chi connectivity index (χ0v) is 20.4. The van der Waals surface area contributed by atoms with Crippen molar-refractivity contribution in [1.29, 1.82) is 0 Å². The molecule has 192 valence electrons. The molecule has 0 saturated carbocycles. The lowest BCUT2D eigenvalue weighted by Gasteiger charge is -2.44. The van der Waals surface area contributed by atoms with Gasteiger partial charge in [-0.3, -0.25) is 19.2 Å². The van der Waals surface area contributed by atoms with Crippen LogP contribution < -0.4 is 4.74 Å². The fourth-order valence-corrected chi connectivity index (χ4v) is 3.83. The first-order valence-corrected chi connectivity index (χ1v) is 11.3. The van der Waals surface area contributed by atoms with Gasteiger partial charge >= 0.3 is 23.9 Å². The molecular formula is C26H28O10. The number of para-hydroxylation sites is 1. The summed E-state index contributed by atoms with van der Waals surface area (Å²) < 4.78 is 33.6. The summed E-state index contributed by atoms with van der Waals surface area (Å²) in [4.78, 5) is 47.3. The van der Waals surface area contributed by atoms with Crippen molar-refractivity contribution in [1.82, 2.24) is 0 Å². The van der Waals surface area contributed by atoms with E-state index in [1.807, 2.05) is 42.5 Å². The summed E-state index contributed by atoms with van der Waals surface area (Å²) in [6.45, 7) is 4.36. The van der Waals surface area contributed by atoms with Crippen molar-refractivity contribution in [2.75, 3.05) is 6.61 Å². The van der Waals surface area contributed by atoms with Crippen LogP contribution in [0.3, 0.4) is 0 Å². The van der Waals surface area contributed by atoms with Crippen molar-refractivity contribution in [2.24, 2.45) is 0 Å². The summed E-state index contributed by atoms with van der Waals surface area (Å²) >= 11 is 0. The predicted molar refractivity (Wildman–Crippen MR) is 124 cm³/mol. The molecule has 1 aliphatic rings. The van der Waals surface area contributed by atoms with Crippen molar-refractivity contribution in [2.45, 2.75) is 58.4 Å². The van der Waals surface area contributed by atoms with E-state index in [2.05, 4.69) is 0 Å². The second-order valence-electron chi connectivity index (χ2n) is 8.05. The monoisotopic (exact) mass is 500 g/mol. The summed E-state index contributed by atoms with van der Waals surface area (Å²) in [7, 11) is 0. The van der Waals surface area contributed by atoms with Gasteiger partial charge in [-0.05, 0) is 11.6 Å². The van der Waals surface area contributed by atoms with Gasteiger partial charge in [0.05, 0.1) is 0 Å². The van der Waals surface area contributed by atoms with Crippen LogP contribution in [-0.2, 0) is 42.9 Å². The highest BCUT2D eigenvalue weighted by atomic mass is 16.7. The number of rotatable bonds is 8. The highest BCUT2D eigenvalue weighted by molar-refractivity contribution is 5.71. The molecule has 5 atom stereocenters. The number of carbonyl (C=O) groups excluding carboxylic acids is 4. The smallest absolute Gasteiger partial charge is 0.303 e. The number of benzene rings is 2. The second-order valence-corrected chi connectivity index (χ2v) is 8.05. The third-order valence-corrected chi connectivity index (χ3v) is 5.16. The third kappa shape index (κ3) is 7.05. The van der Waals surface area contributed by atoms with Crippen molar-refractivity contribution in [3.05, 3.63) is 54.6 Å². The molecule has 1 fully saturated rings. The molecule has 10 heteroatoms. The first-order chi connectivity index (χ1) is 17.2. The molecule has 0 radical (unpaired) electrons. The molecule has 2 aromatic carbocycles. The maximum absolute atomic E-state index is 12.0. The van der Waals surface area contributed by atoms with Crippen molar-refractivity contribution in [3.8, 4) is 16.9 Å². The molecule has 0 bridgehead atoms. The standard InChI is InChI=1S/C26H28O10/c1-15(27)31-14-22-23(32-16(2)28)24(33-17(3)29)25(34-18(4)30)26(36-22)35-21-13-9-8-12-20(21)19-10-6-5-7-11-19/h5-13,22-26H,14H2,1-4H3/t22-,23-,24+,25+,26+/m1/s1. The minimum atomic E-state index is -1.31. The zero-order valence-electron chi connectivity index (χ0n) is 20.4. The van der Waals surface area contributed by atoms with Crippen molar-refractivity contribution >= 4 is 23.9 Å². The minimum Gasteiger partial charge on any atom is -0.463 e. The van der Waals surface area contributed by atoms with Gasteiger partial charge < -0.3 is 28.4 Å². The average Bonchev–Trinajstić information content (AvgIpc) is 2.81. The molecule has 36 heavy (non-hydrogen) atoms. The Morgan fingerprint density at radius 1 is 0.694 bits per heavy atom. The van der Waals surface area contributed by atoms with Gasteiger partial charge in [0.1, 0.15) is 18.5 Å². The van der Waals surface area contributed by atoms with Crippen LogP contribution in [0.15, 0.2) is 54.6 Å². The Morgan fingerprint density at radius 2 is 1.25 bits per heavy atom. The molecule has 10 nitrogen and oxygen atoms in total. The Hall–Kier alpha value is -3.92. The Morgan fingerprint density at radius 3 is 1.86 bits per heavy atom. The zero-order chi connectivity index (χ0) is 26.2. The Labute approximate surface area is 208 Å². The molecule has 0 spiro atoms. The number of carbonyl (C=O) groups is 4. The molecule has 3 rings (SSSR count). The molecule has 0 unspecified atom stereocenters. The van der Waals surface area contributed by atoms with E-state index < -0.39 is 54.6 Å². The summed E-state index contributed by atoms with van der Waals surface area (Å²) in [6.07, 6.45) is -6.27. The van der Waals surface area contributed by atoms with E-state index >= 15 is 0 Å². The minimum absolute atomic E-state index is 0.335. The van der Waals surface area contributed by atoms with E-state index in [0.29, 0.717) is 5.75 Å². The maximum Gasteiger partial charge on any atom is 0.303 e. The number of hydrogen-bond acceptors (Lipinski definition) is 10. The van der Waals surface area contributed by atoms with Crippen LogP contribution in [-0.4, -0.2) is 61.2 Å². The van der Waals surface area contributed by atoms with Crippen molar-refractivity contribution < 1.29 is 47.6 Å². The molecular weight excluding hydrogens is 472 g/mol. The van der Waals surface area contributed by atoms with Gasteiger partial charge in [0.2, 0.25) is 12.4 Å². The van der Waals surface area contributed by atoms with Gasteiger partial charge in [-0.1, -0.05) is 48.5 Å². The number of hydrogen-bond donors (Lipinski definition) is 0. The van der Waals surface area contributed by atoms with Crippen LogP contribution in [0.5, 0.6) is 5.75 Å². The average molecular weight is 501 g/mol. The van der Waals surface area contributed by atoms with Gasteiger partial charge in [0, 0.05) is 33.3 Å². The topological polar surface area (TPSA) is 124 Å². The summed E-state index contributed by atoms with van der Waals surface area (Å²) in [6, 6.07) is 16.6. The lowest BCUT2D eigenvalue weighted by Crippen LogP contribution is -2.63. The Bertz CT molecular complexity index is 1080. The van der Waals surface area contributed by atoms with E-state index in [0.717, 1.165) is 25.0 Å². The lowest BCUT2D eigenvalue weighted by atomic mass is 9.98. The second kappa shape index (κ2) is 12.2. The van der Waals surface area contributed by atoms with Gasteiger partial charge in [-0.25, -0.2) is 0 Å². The number of esters is 4. The molecule has 1 aliphatic heterocycles. The van der Waals surface area contributed by atoms with E-state index in [1.54, 1.807) is 12.1 Å². The highest BCUT2D eigenvalue weighted by Gasteiger charge is 2.53. The van der Waals surface area contributed by atoms with Gasteiger partial charge in [-0.15, -0.1) is 0 Å². The largest absolute Gasteiger partial charge is 0.463 e. The molecule has 1 heterocycles. The van der Waals surface area contributed by atoms with Crippen LogP contribution in [0.4, 0.5) is 0 Å². The maximum atomic E-state index is 12.0. The van der Waals surface area contributed by atoms with Crippen LogP contribution >= 0.6 is 0 Å². The fraction of sp³-hybridized carbons (Fsp3) is 0.385. The highest BCUT2D eigenvalue weighted by Crippen LogP contribution is 2.35. The molecule has 0 aromatic heterocycles. The van der Waals surface area contributed by atoms with Crippen LogP contribution in [0.1, 0.15) is 27.7 Å². The van der Waals surface area contributed by atoms with E-state index in [4.69, 9.17) is 28.4 Å². The Kier molecular flexibility index (Phi) is 9.02. The number of ether oxygens (including phenoxy) is 6. The summed E-state index contributed by atoms with van der Waals surface area (Å²) in [5.41, 5.74) is 1.59. The molecule has 0 N–H and O–H groups in total. The predicted octanol–water partition coefficient (Wildman–Crippen LogP) is 2.82. The van der Waals surface area contributed by atoms with Crippen LogP contribution in [0, 0.1) is 0 Å². The third-order valence-electron chi connectivity index (χ3n) is 5.16. The molecule has 0 amide bonds. The van der Waals surface area contributed by atoms with E-state index in [9.17, 15) is 19.2 Å². The normalized spacial score (nSPS) is 23.2. The molecule has 2 aromatic rings. The quantitative estimate of drug-likeness (QED) is 0.395. The van der Waals surface area contributed by atoms with Crippen LogP contribution in [0.2, 0.25) is 0 Å².